The summed E-state index contributed by atoms with van der Waals surface area (Å²) in [4.78, 5) is 4.38. The van der Waals surface area contributed by atoms with E-state index in [1.165, 1.54) is 47.1 Å². The fourth-order valence-electron chi connectivity index (χ4n) is 5.57. The summed E-state index contributed by atoms with van der Waals surface area (Å²) in [5, 5.41) is -0.0237. The van der Waals surface area contributed by atoms with Crippen molar-refractivity contribution in [1.29, 1.82) is 0 Å². The first-order valence-corrected chi connectivity index (χ1v) is 15.2. The van der Waals surface area contributed by atoms with Crippen LogP contribution in [0.2, 0.25) is 5.54 Å². The number of benzene rings is 4. The fourth-order valence-corrected chi connectivity index (χ4v) is 8.73. The molecule has 1 aliphatic carbocycles. The molecule has 0 bridgehead atoms. The van der Waals surface area contributed by atoms with Crippen molar-refractivity contribution < 1.29 is 0 Å². The lowest BCUT2D eigenvalue weighted by atomic mass is 9.92. The number of nitrogens with zero attached hydrogens (tertiary/aromatic N) is 2. The summed E-state index contributed by atoms with van der Waals surface area (Å²) in [6.07, 6.45) is 10.3. The van der Waals surface area contributed by atoms with Crippen LogP contribution in [0.1, 0.15) is 41.5 Å². The van der Waals surface area contributed by atoms with Gasteiger partial charge in [0.05, 0.1) is 21.0 Å². The van der Waals surface area contributed by atoms with E-state index in [4.69, 9.17) is 0 Å². The van der Waals surface area contributed by atoms with Crippen LogP contribution in [0.5, 0.6) is 0 Å². The summed E-state index contributed by atoms with van der Waals surface area (Å²) in [7, 11) is 1.67. The second-order valence-corrected chi connectivity index (χ2v) is 12.6. The number of hydrogen-bond donors (Lipinski definition) is 0. The van der Waals surface area contributed by atoms with Crippen molar-refractivity contribution in [3.8, 4) is 0 Å². The molecule has 1 aliphatic rings. The zero-order valence-electron chi connectivity index (χ0n) is 22.2. The van der Waals surface area contributed by atoms with Gasteiger partial charge in [-0.05, 0) is 33.4 Å². The molecule has 1 saturated carbocycles. The van der Waals surface area contributed by atoms with E-state index in [1.54, 1.807) is 0 Å². The van der Waals surface area contributed by atoms with Crippen LogP contribution < -0.4 is 0 Å². The molecule has 0 radical (unpaired) electrons. The Hall–Kier alpha value is -3.89. The molecule has 1 fully saturated rings. The van der Waals surface area contributed by atoms with Gasteiger partial charge in [-0.15, -0.1) is 5.98 Å². The molecule has 0 saturated heterocycles. The minimum atomic E-state index is -0.413. The first-order chi connectivity index (χ1) is 18.8. The van der Waals surface area contributed by atoms with Gasteiger partial charge in [-0.1, -0.05) is 141 Å². The van der Waals surface area contributed by atoms with Gasteiger partial charge in [0.1, 0.15) is 7.85 Å². The van der Waals surface area contributed by atoms with Gasteiger partial charge in [0.15, 0.2) is 0 Å². The van der Waals surface area contributed by atoms with E-state index in [0.717, 1.165) is 5.54 Å². The summed E-state index contributed by atoms with van der Waals surface area (Å²) in [6.45, 7) is 0. The van der Waals surface area contributed by atoms with Crippen molar-refractivity contribution in [2.24, 2.45) is 0 Å². The standard InChI is InChI=1S/C20H22N2Si.C14H13B/c1-3-8-17(9-4-1)20(22-15-14-21-16-22,23-19-12-7-13-19)18-10-5-2-6-11-18;15-11-14(12-7-3-1-4-8-12)13-9-5-2-6-10-13/h1-6,8-11,14-16,19H,7,12-13,23H2;1-11H,15H2. The fraction of sp³-hybridized carbons (Fsp3) is 0.147. The predicted molar refractivity (Wildman–Crippen MR) is 166 cm³/mol. The first kappa shape index (κ1) is 25.7. The van der Waals surface area contributed by atoms with E-state index in [0.29, 0.717) is 0 Å². The lowest BCUT2D eigenvalue weighted by Gasteiger charge is -2.41. The van der Waals surface area contributed by atoms with Crippen molar-refractivity contribution in [2.45, 2.75) is 30.0 Å². The number of hydrogen-bond acceptors (Lipinski definition) is 1. The minimum absolute atomic E-state index is 0.0237. The normalized spacial score (nSPS) is 13.4. The van der Waals surface area contributed by atoms with E-state index in [-0.39, 0.29) is 5.16 Å². The third kappa shape index (κ3) is 5.66. The molecule has 1 heterocycles. The maximum Gasteiger partial charge on any atom is 0.130 e. The minimum Gasteiger partial charge on any atom is -0.327 e. The molecule has 0 N–H and O–H groups in total. The van der Waals surface area contributed by atoms with Crippen LogP contribution in [0.25, 0.3) is 5.57 Å². The molecular weight excluding hydrogens is 475 g/mol. The van der Waals surface area contributed by atoms with Gasteiger partial charge >= 0.3 is 0 Å². The molecule has 1 aromatic heterocycles. The highest BCUT2D eigenvalue weighted by atomic mass is 28.2. The zero-order chi connectivity index (χ0) is 26.0. The van der Waals surface area contributed by atoms with Gasteiger partial charge in [-0.25, -0.2) is 4.98 Å². The molecule has 0 spiro atoms. The summed E-state index contributed by atoms with van der Waals surface area (Å²) >= 11 is 0. The van der Waals surface area contributed by atoms with Crippen LogP contribution in [0.15, 0.2) is 146 Å². The number of imidazole rings is 1. The second kappa shape index (κ2) is 12.6. The van der Waals surface area contributed by atoms with Gasteiger partial charge < -0.3 is 4.57 Å². The van der Waals surface area contributed by atoms with Crippen molar-refractivity contribution in [2.75, 3.05) is 0 Å². The Balaban J connectivity index is 0.000000170. The molecule has 0 aliphatic heterocycles. The highest BCUT2D eigenvalue weighted by Crippen LogP contribution is 2.42. The highest BCUT2D eigenvalue weighted by Gasteiger charge is 2.39. The summed E-state index contributed by atoms with van der Waals surface area (Å²) in [5.41, 5.74) is 7.57. The van der Waals surface area contributed by atoms with E-state index in [2.05, 4.69) is 139 Å². The maximum atomic E-state index is 4.38. The average molecular weight is 511 g/mol. The van der Waals surface area contributed by atoms with Crippen molar-refractivity contribution >= 4 is 22.9 Å². The monoisotopic (exact) mass is 510 g/mol. The molecule has 0 unspecified atom stereocenters. The quantitative estimate of drug-likeness (QED) is 0.229. The van der Waals surface area contributed by atoms with Crippen LogP contribution >= 0.6 is 0 Å². The highest BCUT2D eigenvalue weighted by molar-refractivity contribution is 6.43. The molecule has 188 valence electrons. The molecule has 0 amide bonds. The van der Waals surface area contributed by atoms with Crippen molar-refractivity contribution in [3.63, 3.8) is 0 Å². The Labute approximate surface area is 230 Å². The van der Waals surface area contributed by atoms with Crippen molar-refractivity contribution in [3.05, 3.63) is 168 Å². The third-order valence-electron chi connectivity index (χ3n) is 7.71. The molecule has 4 aromatic carbocycles. The molecule has 0 atom stereocenters. The maximum absolute atomic E-state index is 4.38. The van der Waals surface area contributed by atoms with Crippen LogP contribution in [-0.2, 0) is 5.16 Å². The Morgan fingerprint density at radius 3 is 1.58 bits per heavy atom. The van der Waals surface area contributed by atoms with Crippen LogP contribution in [0.3, 0.4) is 0 Å². The number of rotatable bonds is 7. The van der Waals surface area contributed by atoms with Gasteiger partial charge in [0.2, 0.25) is 0 Å². The van der Waals surface area contributed by atoms with Gasteiger partial charge in [0.25, 0.3) is 0 Å². The van der Waals surface area contributed by atoms with E-state index < -0.39 is 9.52 Å². The molecule has 2 nitrogen and oxygen atoms in total. The molecule has 5 aromatic rings. The number of aromatic nitrogens is 2. The zero-order valence-corrected chi connectivity index (χ0v) is 23.6. The predicted octanol–water partition coefficient (Wildman–Crippen LogP) is 6.48. The third-order valence-corrected chi connectivity index (χ3v) is 10.9. The Kier molecular flexibility index (Phi) is 8.52. The van der Waals surface area contributed by atoms with E-state index in [9.17, 15) is 0 Å². The Morgan fingerprint density at radius 2 is 1.21 bits per heavy atom. The summed E-state index contributed by atoms with van der Waals surface area (Å²) < 4.78 is 2.36. The Morgan fingerprint density at radius 1 is 0.737 bits per heavy atom. The van der Waals surface area contributed by atoms with Gasteiger partial charge in [0, 0.05) is 12.4 Å². The topological polar surface area (TPSA) is 17.8 Å². The first-order valence-electron chi connectivity index (χ1n) is 13.7. The van der Waals surface area contributed by atoms with Crippen molar-refractivity contribution in [1.82, 2.24) is 9.55 Å². The van der Waals surface area contributed by atoms with E-state index >= 15 is 0 Å². The van der Waals surface area contributed by atoms with Crippen LogP contribution in [0.4, 0.5) is 0 Å². The van der Waals surface area contributed by atoms with E-state index in [1.807, 2.05) is 24.7 Å². The molecule has 6 rings (SSSR count). The van der Waals surface area contributed by atoms with Crippen LogP contribution in [0, 0.1) is 0 Å². The molecular formula is C34H35BN2Si. The van der Waals surface area contributed by atoms with Gasteiger partial charge in [-0.3, -0.25) is 0 Å². The summed E-state index contributed by atoms with van der Waals surface area (Å²) in [6, 6.07) is 43.0. The van der Waals surface area contributed by atoms with Crippen LogP contribution in [-0.4, -0.2) is 26.9 Å². The summed E-state index contributed by atoms with van der Waals surface area (Å²) in [5.74, 6) is 2.16. The Bertz CT molecular complexity index is 1320. The SMILES string of the molecule is BC=C(c1ccccc1)c1ccccc1.c1ccc(C([SiH2]C2CCC2)(c2ccccc2)n2ccnc2)cc1. The molecule has 38 heavy (non-hydrogen) atoms. The largest absolute Gasteiger partial charge is 0.327 e. The second-order valence-electron chi connectivity index (χ2n) is 10.00. The molecule has 4 heteroatoms. The smallest absolute Gasteiger partial charge is 0.130 e. The average Bonchev–Trinajstić information content (AvgIpc) is 3.51. The van der Waals surface area contributed by atoms with Gasteiger partial charge in [-0.2, -0.15) is 0 Å². The lowest BCUT2D eigenvalue weighted by molar-refractivity contribution is 0.474. The lowest BCUT2D eigenvalue weighted by Crippen LogP contribution is -2.44.